The maximum Gasteiger partial charge on any atom is 0.508 e. The van der Waals surface area contributed by atoms with Crippen molar-refractivity contribution in [3.63, 3.8) is 0 Å². The standard InChI is InChI=1S/C30H47N5O8/c1-29(2,3)23(34-27(40)33-19(16-8-7-9-16)14-43-28(41)42-6)26(39)35-13-17-20(30(17,4)5)21(35)25(38)32-18(12-15-10-11-15)22(36)24(31)37/h15-21,23H,7-14H2,1-6H3,(H2,31,37)(H,32,38)(H2,33,34,40)/t17?,18?,19-,20?,21+,23-/m1/s1. The minimum absolute atomic E-state index is 0.0578. The van der Waals surface area contributed by atoms with Crippen molar-refractivity contribution in [3.8, 4) is 0 Å². The van der Waals surface area contributed by atoms with Gasteiger partial charge in [0.15, 0.2) is 0 Å². The fraction of sp³-hybridized carbons (Fsp3) is 0.800. The molecule has 0 radical (unpaired) electrons. The lowest BCUT2D eigenvalue weighted by Gasteiger charge is -2.38. The highest BCUT2D eigenvalue weighted by atomic mass is 16.7. The maximum atomic E-state index is 14.2. The fourth-order valence-electron chi connectivity index (χ4n) is 6.67. The summed E-state index contributed by atoms with van der Waals surface area (Å²) in [5.74, 6) is -2.52. The molecule has 5 amide bonds. The molecule has 4 rings (SSSR count). The SMILES string of the molecule is COC(=O)OC[C@@H](NC(=O)N[C@H](C(=O)N1CC2C([C@H]1C(=O)NC(CC1CC1)C(=O)C(N)=O)C2(C)C)C(C)(C)C)C1CCC1. The smallest absolute Gasteiger partial charge is 0.438 e. The van der Waals surface area contributed by atoms with E-state index in [1.165, 1.54) is 12.0 Å². The number of urea groups is 1. The van der Waals surface area contributed by atoms with Gasteiger partial charge in [0.25, 0.3) is 5.91 Å². The number of piperidine rings is 1. The van der Waals surface area contributed by atoms with Gasteiger partial charge in [0.05, 0.1) is 19.2 Å². The van der Waals surface area contributed by atoms with Gasteiger partial charge in [-0.2, -0.15) is 0 Å². The van der Waals surface area contributed by atoms with E-state index in [0.717, 1.165) is 32.1 Å². The van der Waals surface area contributed by atoms with Gasteiger partial charge in [-0.05, 0) is 53.8 Å². The van der Waals surface area contributed by atoms with Gasteiger partial charge in [0.1, 0.15) is 18.7 Å². The Balaban J connectivity index is 1.49. The Morgan fingerprint density at radius 2 is 1.65 bits per heavy atom. The molecule has 1 aliphatic heterocycles. The van der Waals surface area contributed by atoms with Gasteiger partial charge in [-0.3, -0.25) is 19.2 Å². The van der Waals surface area contributed by atoms with Crippen LogP contribution in [0.3, 0.4) is 0 Å². The van der Waals surface area contributed by atoms with Crippen molar-refractivity contribution in [1.29, 1.82) is 0 Å². The van der Waals surface area contributed by atoms with E-state index in [4.69, 9.17) is 10.5 Å². The number of nitrogens with zero attached hydrogens (tertiary/aromatic N) is 1. The van der Waals surface area contributed by atoms with E-state index in [2.05, 4.69) is 20.7 Å². The van der Waals surface area contributed by atoms with E-state index >= 15 is 0 Å². The molecular formula is C30H47N5O8. The molecule has 0 aromatic heterocycles. The van der Waals surface area contributed by atoms with Crippen LogP contribution in [0, 0.1) is 34.5 Å². The number of Topliss-reactive ketones (excluding diaryl/α,β-unsaturated/α-hetero) is 1. The first-order valence-electron chi connectivity index (χ1n) is 15.3. The van der Waals surface area contributed by atoms with Crippen molar-refractivity contribution in [2.24, 2.45) is 40.2 Å². The Labute approximate surface area is 252 Å². The average molecular weight is 606 g/mol. The third kappa shape index (κ3) is 7.23. The van der Waals surface area contributed by atoms with Crippen LogP contribution in [0.15, 0.2) is 0 Å². The molecule has 13 nitrogen and oxygen atoms in total. The number of carbonyl (C=O) groups is 6. The van der Waals surface area contributed by atoms with Crippen molar-refractivity contribution in [1.82, 2.24) is 20.9 Å². The number of hydrogen-bond acceptors (Lipinski definition) is 8. The highest BCUT2D eigenvalue weighted by Gasteiger charge is 2.70. The summed E-state index contributed by atoms with van der Waals surface area (Å²) in [5, 5.41) is 8.45. The molecule has 1 saturated heterocycles. The fourth-order valence-corrected chi connectivity index (χ4v) is 6.67. The molecule has 5 N–H and O–H groups in total. The maximum absolute atomic E-state index is 14.2. The van der Waals surface area contributed by atoms with Gasteiger partial charge in [-0.25, -0.2) is 9.59 Å². The molecule has 43 heavy (non-hydrogen) atoms. The summed E-state index contributed by atoms with van der Waals surface area (Å²) < 4.78 is 9.65. The molecule has 4 aliphatic rings. The first kappa shape index (κ1) is 32.5. The highest BCUT2D eigenvalue weighted by molar-refractivity contribution is 6.37. The van der Waals surface area contributed by atoms with Gasteiger partial charge >= 0.3 is 12.2 Å². The molecular weight excluding hydrogens is 558 g/mol. The topological polar surface area (TPSA) is 186 Å². The van der Waals surface area contributed by atoms with E-state index in [0.29, 0.717) is 13.0 Å². The van der Waals surface area contributed by atoms with Crippen molar-refractivity contribution in [2.75, 3.05) is 20.3 Å². The van der Waals surface area contributed by atoms with Crippen molar-refractivity contribution in [2.45, 2.75) is 97.3 Å². The molecule has 13 heteroatoms. The summed E-state index contributed by atoms with van der Waals surface area (Å²) in [7, 11) is 1.21. The number of primary amides is 1. The van der Waals surface area contributed by atoms with Crippen LogP contribution in [0.1, 0.15) is 73.1 Å². The van der Waals surface area contributed by atoms with Crippen LogP contribution in [-0.2, 0) is 28.7 Å². The largest absolute Gasteiger partial charge is 0.508 e. The lowest BCUT2D eigenvalue weighted by molar-refractivity contribution is -0.145. The summed E-state index contributed by atoms with van der Waals surface area (Å²) in [5.41, 5.74) is 4.37. The summed E-state index contributed by atoms with van der Waals surface area (Å²) in [6.07, 6.45) is 4.09. The molecule has 4 fully saturated rings. The van der Waals surface area contributed by atoms with Crippen LogP contribution in [0.5, 0.6) is 0 Å². The van der Waals surface area contributed by atoms with E-state index in [9.17, 15) is 28.8 Å². The summed E-state index contributed by atoms with van der Waals surface area (Å²) in [6, 6.07) is -3.91. The first-order chi connectivity index (χ1) is 20.1. The zero-order valence-electron chi connectivity index (χ0n) is 26.1. The van der Waals surface area contributed by atoms with Crippen molar-refractivity contribution >= 4 is 35.7 Å². The third-order valence-electron chi connectivity index (χ3n) is 9.87. The number of fused-ring (bicyclic) bond motifs is 1. The van der Waals surface area contributed by atoms with Crippen LogP contribution < -0.4 is 21.7 Å². The number of carbonyl (C=O) groups excluding carboxylic acids is 6. The molecule has 6 atom stereocenters. The van der Waals surface area contributed by atoms with Crippen LogP contribution in [-0.4, -0.2) is 85.0 Å². The summed E-state index contributed by atoms with van der Waals surface area (Å²) in [4.78, 5) is 78.5. The molecule has 3 aliphatic carbocycles. The monoisotopic (exact) mass is 605 g/mol. The number of ketones is 1. The van der Waals surface area contributed by atoms with Crippen LogP contribution in [0.4, 0.5) is 9.59 Å². The first-order valence-corrected chi connectivity index (χ1v) is 15.3. The highest BCUT2D eigenvalue weighted by Crippen LogP contribution is 2.65. The van der Waals surface area contributed by atoms with Crippen LogP contribution in [0.25, 0.3) is 0 Å². The van der Waals surface area contributed by atoms with Gasteiger partial charge in [-0.15, -0.1) is 0 Å². The number of likely N-dealkylation sites (tertiary alicyclic amines) is 1. The molecule has 1 heterocycles. The third-order valence-corrected chi connectivity index (χ3v) is 9.87. The quantitative estimate of drug-likeness (QED) is 0.190. The minimum Gasteiger partial charge on any atom is -0.438 e. The van der Waals surface area contributed by atoms with Crippen LogP contribution in [0.2, 0.25) is 0 Å². The Kier molecular flexibility index (Phi) is 9.32. The Morgan fingerprint density at radius 3 is 2.16 bits per heavy atom. The second-order valence-corrected chi connectivity index (χ2v) is 14.3. The lowest BCUT2D eigenvalue weighted by atomic mass is 9.80. The summed E-state index contributed by atoms with van der Waals surface area (Å²) in [6.45, 7) is 9.85. The Morgan fingerprint density at radius 1 is 1.00 bits per heavy atom. The van der Waals surface area contributed by atoms with Crippen molar-refractivity contribution in [3.05, 3.63) is 0 Å². The van der Waals surface area contributed by atoms with E-state index in [-0.39, 0.29) is 35.7 Å². The number of amides is 5. The number of nitrogens with two attached hydrogens (primary N) is 1. The van der Waals surface area contributed by atoms with E-state index in [1.807, 2.05) is 34.6 Å². The average Bonchev–Trinajstić information content (AvgIpc) is 3.74. The van der Waals surface area contributed by atoms with Crippen molar-refractivity contribution < 1.29 is 38.2 Å². The number of hydrogen-bond donors (Lipinski definition) is 4. The zero-order chi connectivity index (χ0) is 31.9. The second kappa shape index (κ2) is 12.3. The molecule has 240 valence electrons. The molecule has 3 saturated carbocycles. The second-order valence-electron chi connectivity index (χ2n) is 14.3. The Bertz CT molecular complexity index is 1140. The van der Waals surface area contributed by atoms with Gasteiger partial charge in [0, 0.05) is 6.54 Å². The zero-order valence-corrected chi connectivity index (χ0v) is 26.1. The minimum atomic E-state index is -1.10. The normalized spacial score (nSPS) is 26.1. The number of methoxy groups -OCH3 is 1. The van der Waals surface area contributed by atoms with Gasteiger partial charge in [-0.1, -0.05) is 53.9 Å². The Hall–Kier alpha value is -3.38. The number of nitrogens with one attached hydrogen (secondary N) is 3. The predicted molar refractivity (Wildman–Crippen MR) is 154 cm³/mol. The molecule has 3 unspecified atom stereocenters. The summed E-state index contributed by atoms with van der Waals surface area (Å²) >= 11 is 0. The van der Waals surface area contributed by atoms with Gasteiger partial charge in [0.2, 0.25) is 17.6 Å². The number of ether oxygens (including phenoxy) is 2. The van der Waals surface area contributed by atoms with E-state index < -0.39 is 65.3 Å². The molecule has 0 aromatic rings. The van der Waals surface area contributed by atoms with Gasteiger partial charge < -0.3 is 36.1 Å². The lowest BCUT2D eigenvalue weighted by Crippen LogP contribution is -2.62. The molecule has 0 bridgehead atoms. The van der Waals surface area contributed by atoms with Crippen LogP contribution >= 0.6 is 0 Å². The number of rotatable bonds is 12. The molecule has 0 spiro atoms. The molecule has 0 aromatic carbocycles. The predicted octanol–water partition coefficient (Wildman–Crippen LogP) is 1.47. The van der Waals surface area contributed by atoms with E-state index in [1.54, 1.807) is 0 Å².